The van der Waals surface area contributed by atoms with Crippen molar-refractivity contribution in [1.82, 2.24) is 4.90 Å². The lowest BCUT2D eigenvalue weighted by Crippen LogP contribution is -2.38. The van der Waals surface area contributed by atoms with E-state index in [9.17, 15) is 0 Å². The van der Waals surface area contributed by atoms with Gasteiger partial charge in [0.2, 0.25) is 0 Å². The summed E-state index contributed by atoms with van der Waals surface area (Å²) in [6.07, 6.45) is 0.512. The zero-order valence-corrected chi connectivity index (χ0v) is 14.7. The van der Waals surface area contributed by atoms with Crippen LogP contribution in [0, 0.1) is 18.8 Å². The Morgan fingerprint density at radius 1 is 1.12 bits per heavy atom. The molecule has 0 bridgehead atoms. The zero-order valence-electron chi connectivity index (χ0n) is 14.7. The van der Waals surface area contributed by atoms with Gasteiger partial charge in [-0.25, -0.2) is 0 Å². The van der Waals surface area contributed by atoms with Crippen LogP contribution in [0.5, 0.6) is 0 Å². The highest BCUT2D eigenvalue weighted by molar-refractivity contribution is 5.68. The number of morpholine rings is 1. The zero-order chi connectivity index (χ0) is 17.5. The van der Waals surface area contributed by atoms with Gasteiger partial charge in [0.25, 0.3) is 0 Å². The Balaban J connectivity index is 1.94. The third kappa shape index (κ3) is 4.49. The van der Waals surface area contributed by atoms with Crippen LogP contribution in [0.15, 0.2) is 48.5 Å². The van der Waals surface area contributed by atoms with E-state index in [2.05, 4.69) is 72.2 Å². The average molecular weight is 335 g/mol. The molecule has 1 atom stereocenters. The van der Waals surface area contributed by atoms with Crippen molar-refractivity contribution < 1.29 is 9.84 Å². The topological polar surface area (TPSA) is 32.7 Å². The van der Waals surface area contributed by atoms with E-state index in [4.69, 9.17) is 9.84 Å². The van der Waals surface area contributed by atoms with Crippen molar-refractivity contribution in [3.05, 3.63) is 59.7 Å². The molecule has 0 spiro atoms. The summed E-state index contributed by atoms with van der Waals surface area (Å²) < 4.78 is 5.49. The second-order valence-corrected chi connectivity index (χ2v) is 6.29. The molecule has 0 radical (unpaired) electrons. The van der Waals surface area contributed by atoms with Gasteiger partial charge in [0, 0.05) is 19.5 Å². The fourth-order valence-corrected chi connectivity index (χ4v) is 3.22. The van der Waals surface area contributed by atoms with Crippen molar-refractivity contribution in [3.8, 4) is 23.0 Å². The summed E-state index contributed by atoms with van der Waals surface area (Å²) in [5, 5.41) is 9.05. The number of aryl methyl sites for hydroxylation is 1. The number of nitrogens with zero attached hydrogens (tertiary/aromatic N) is 1. The van der Waals surface area contributed by atoms with Gasteiger partial charge in [0.1, 0.15) is 0 Å². The second-order valence-electron chi connectivity index (χ2n) is 6.29. The molecule has 25 heavy (non-hydrogen) atoms. The van der Waals surface area contributed by atoms with Crippen molar-refractivity contribution in [2.75, 3.05) is 32.9 Å². The van der Waals surface area contributed by atoms with E-state index in [-0.39, 0.29) is 12.6 Å². The van der Waals surface area contributed by atoms with E-state index in [0.717, 1.165) is 26.3 Å². The highest BCUT2D eigenvalue weighted by Gasteiger charge is 2.21. The molecule has 1 heterocycles. The van der Waals surface area contributed by atoms with Crippen molar-refractivity contribution in [2.24, 2.45) is 0 Å². The fraction of sp³-hybridized carbons (Fsp3) is 0.364. The summed E-state index contributed by atoms with van der Waals surface area (Å²) in [5.41, 5.74) is 4.95. The molecule has 1 saturated heterocycles. The molecule has 0 unspecified atom stereocenters. The first-order chi connectivity index (χ1) is 12.3. The van der Waals surface area contributed by atoms with Gasteiger partial charge in [-0.05, 0) is 35.2 Å². The fourth-order valence-electron chi connectivity index (χ4n) is 3.22. The van der Waals surface area contributed by atoms with E-state index in [1.54, 1.807) is 0 Å². The van der Waals surface area contributed by atoms with Crippen LogP contribution >= 0.6 is 0 Å². The first kappa shape index (κ1) is 17.7. The molecule has 1 fully saturated rings. The Hall–Kier alpha value is -2.12. The first-order valence-electron chi connectivity index (χ1n) is 8.86. The molecule has 1 aliphatic heterocycles. The summed E-state index contributed by atoms with van der Waals surface area (Å²) in [7, 11) is 0. The molecule has 0 saturated carbocycles. The Morgan fingerprint density at radius 2 is 1.92 bits per heavy atom. The smallest absolute Gasteiger partial charge is 0.0972 e. The molecule has 3 heteroatoms. The number of ether oxygens (including phenoxy) is 1. The molecule has 0 amide bonds. The predicted octanol–water partition coefficient (Wildman–Crippen LogP) is 3.42. The number of rotatable bonds is 4. The average Bonchev–Trinajstić information content (AvgIpc) is 2.66. The molecule has 3 rings (SSSR count). The van der Waals surface area contributed by atoms with Crippen molar-refractivity contribution in [1.29, 1.82) is 0 Å². The Kier molecular flexibility index (Phi) is 6.25. The summed E-state index contributed by atoms with van der Waals surface area (Å²) in [5.74, 6) is 6.48. The molecule has 0 aromatic heterocycles. The second kappa shape index (κ2) is 8.82. The summed E-state index contributed by atoms with van der Waals surface area (Å²) in [6, 6.07) is 17.2. The Bertz CT molecular complexity index is 754. The molecule has 0 aliphatic carbocycles. The minimum Gasteiger partial charge on any atom is -0.395 e. The van der Waals surface area contributed by atoms with Crippen LogP contribution in [0.3, 0.4) is 0 Å². The maximum Gasteiger partial charge on any atom is 0.0972 e. The maximum absolute atomic E-state index is 9.05. The van der Waals surface area contributed by atoms with Crippen molar-refractivity contribution in [2.45, 2.75) is 19.4 Å². The van der Waals surface area contributed by atoms with E-state index >= 15 is 0 Å². The standard InChI is InChI=1S/C22H25NO2/c1-18-7-2-3-10-21(18)19-8-6-9-20(17-19)22(11-4-5-14-24)23-12-15-25-16-13-23/h2-3,6-10,17,22,24H,5,12-16H2,1H3/t22-/m0/s1. The lowest BCUT2D eigenvalue weighted by Gasteiger charge is -2.32. The molecule has 1 aliphatic rings. The van der Waals surface area contributed by atoms with Gasteiger partial charge in [-0.2, -0.15) is 0 Å². The summed E-state index contributed by atoms with van der Waals surface area (Å²) >= 11 is 0. The predicted molar refractivity (Wildman–Crippen MR) is 101 cm³/mol. The molecule has 3 nitrogen and oxygen atoms in total. The van der Waals surface area contributed by atoms with Crippen LogP contribution in [0.4, 0.5) is 0 Å². The number of hydrogen-bond donors (Lipinski definition) is 1. The molecule has 2 aromatic carbocycles. The number of hydrogen-bond acceptors (Lipinski definition) is 3. The maximum atomic E-state index is 9.05. The molecular weight excluding hydrogens is 310 g/mol. The number of aliphatic hydroxyl groups is 1. The van der Waals surface area contributed by atoms with Crippen LogP contribution in [0.2, 0.25) is 0 Å². The van der Waals surface area contributed by atoms with Gasteiger partial charge in [-0.1, -0.05) is 54.3 Å². The first-order valence-corrected chi connectivity index (χ1v) is 8.86. The molecule has 1 N–H and O–H groups in total. The van der Waals surface area contributed by atoms with Crippen LogP contribution in [-0.2, 0) is 4.74 Å². The lowest BCUT2D eigenvalue weighted by atomic mass is 9.96. The van der Waals surface area contributed by atoms with Crippen molar-refractivity contribution >= 4 is 0 Å². The van der Waals surface area contributed by atoms with Crippen LogP contribution in [0.25, 0.3) is 11.1 Å². The quantitative estimate of drug-likeness (QED) is 0.869. The van der Waals surface area contributed by atoms with E-state index < -0.39 is 0 Å². The highest BCUT2D eigenvalue weighted by atomic mass is 16.5. The SMILES string of the molecule is Cc1ccccc1-c1cccc([C@H](C#CCCO)N2CCOCC2)c1. The van der Waals surface area contributed by atoms with E-state index in [0.29, 0.717) is 6.42 Å². The Morgan fingerprint density at radius 3 is 2.68 bits per heavy atom. The molecule has 130 valence electrons. The van der Waals surface area contributed by atoms with Crippen LogP contribution < -0.4 is 0 Å². The highest BCUT2D eigenvalue weighted by Crippen LogP contribution is 2.28. The minimum absolute atomic E-state index is 0.0411. The molecular formula is C22H25NO2. The third-order valence-electron chi connectivity index (χ3n) is 4.54. The summed E-state index contributed by atoms with van der Waals surface area (Å²) in [6.45, 7) is 5.50. The normalized spacial score (nSPS) is 16.1. The number of benzene rings is 2. The largest absolute Gasteiger partial charge is 0.395 e. The van der Waals surface area contributed by atoms with Gasteiger partial charge in [-0.3, -0.25) is 4.90 Å². The van der Waals surface area contributed by atoms with Gasteiger partial charge in [0.15, 0.2) is 0 Å². The monoisotopic (exact) mass is 335 g/mol. The van der Waals surface area contributed by atoms with Gasteiger partial charge in [-0.15, -0.1) is 0 Å². The van der Waals surface area contributed by atoms with E-state index in [1.807, 2.05) is 0 Å². The number of aliphatic hydroxyl groups excluding tert-OH is 1. The third-order valence-corrected chi connectivity index (χ3v) is 4.54. The minimum atomic E-state index is 0.0411. The van der Waals surface area contributed by atoms with Gasteiger partial charge >= 0.3 is 0 Å². The van der Waals surface area contributed by atoms with Crippen molar-refractivity contribution in [3.63, 3.8) is 0 Å². The van der Waals surface area contributed by atoms with Crippen LogP contribution in [0.1, 0.15) is 23.6 Å². The summed E-state index contributed by atoms with van der Waals surface area (Å²) in [4.78, 5) is 2.37. The van der Waals surface area contributed by atoms with Gasteiger partial charge in [0.05, 0.1) is 25.9 Å². The van der Waals surface area contributed by atoms with E-state index in [1.165, 1.54) is 22.3 Å². The van der Waals surface area contributed by atoms with Gasteiger partial charge < -0.3 is 9.84 Å². The lowest BCUT2D eigenvalue weighted by molar-refractivity contribution is 0.0269. The van der Waals surface area contributed by atoms with Crippen LogP contribution in [-0.4, -0.2) is 42.9 Å². The Labute approximate surface area is 150 Å². The molecule has 2 aromatic rings.